The molecule has 2 aromatic carbocycles. The summed E-state index contributed by atoms with van der Waals surface area (Å²) < 4.78 is 15.8. The van der Waals surface area contributed by atoms with Gasteiger partial charge in [0.15, 0.2) is 5.16 Å². The lowest BCUT2D eigenvalue weighted by Crippen LogP contribution is -2.34. The second kappa shape index (κ2) is 7.75. The van der Waals surface area contributed by atoms with Gasteiger partial charge in [-0.25, -0.2) is 9.37 Å². The number of nitrogens with zero attached hydrogens (tertiary/aromatic N) is 3. The summed E-state index contributed by atoms with van der Waals surface area (Å²) in [5.41, 5.74) is 0.316. The van der Waals surface area contributed by atoms with Crippen molar-refractivity contribution in [1.29, 1.82) is 0 Å². The van der Waals surface area contributed by atoms with E-state index in [0.29, 0.717) is 16.1 Å². The molecular formula is C21H20FN3O2S. The molecule has 0 N–H and O–H groups in total. The van der Waals surface area contributed by atoms with Gasteiger partial charge in [-0.1, -0.05) is 36.0 Å². The fourth-order valence-electron chi connectivity index (χ4n) is 3.44. The third-order valence-corrected chi connectivity index (χ3v) is 5.93. The van der Waals surface area contributed by atoms with E-state index >= 15 is 0 Å². The molecule has 0 bridgehead atoms. The van der Waals surface area contributed by atoms with Gasteiger partial charge in [0.2, 0.25) is 5.91 Å². The van der Waals surface area contributed by atoms with Crippen LogP contribution in [0.2, 0.25) is 0 Å². The summed E-state index contributed by atoms with van der Waals surface area (Å²) in [6, 6.07) is 13.1. The van der Waals surface area contributed by atoms with Crippen LogP contribution in [-0.4, -0.2) is 38.7 Å². The maximum absolute atomic E-state index is 14.5. The molecule has 2 heterocycles. The van der Waals surface area contributed by atoms with Crippen LogP contribution in [0.25, 0.3) is 16.6 Å². The second-order valence-electron chi connectivity index (χ2n) is 6.80. The highest BCUT2D eigenvalue weighted by Gasteiger charge is 2.26. The van der Waals surface area contributed by atoms with Gasteiger partial charge in [0, 0.05) is 13.1 Å². The Hall–Kier alpha value is -2.67. The highest BCUT2D eigenvalue weighted by Crippen LogP contribution is 2.27. The Balaban J connectivity index is 1.82. The zero-order valence-corrected chi connectivity index (χ0v) is 16.3. The van der Waals surface area contributed by atoms with Gasteiger partial charge in [0.1, 0.15) is 5.82 Å². The average molecular weight is 397 g/mol. The Labute approximate surface area is 166 Å². The van der Waals surface area contributed by atoms with Crippen molar-refractivity contribution in [3.05, 3.63) is 64.7 Å². The number of fused-ring (bicyclic) bond motifs is 1. The molecular weight excluding hydrogens is 377 g/mol. The number of rotatable bonds is 4. The zero-order chi connectivity index (χ0) is 19.7. The molecule has 1 fully saturated rings. The van der Waals surface area contributed by atoms with Crippen molar-refractivity contribution in [2.75, 3.05) is 13.1 Å². The molecule has 1 amide bonds. The van der Waals surface area contributed by atoms with Gasteiger partial charge in [-0.2, -0.15) is 0 Å². The number of hydrogen-bond acceptors (Lipinski definition) is 4. The molecule has 5 nitrogen and oxygen atoms in total. The summed E-state index contributed by atoms with van der Waals surface area (Å²) >= 11 is 1.19. The van der Waals surface area contributed by atoms with Crippen LogP contribution in [0.1, 0.15) is 19.8 Å². The van der Waals surface area contributed by atoms with Crippen LogP contribution in [0.5, 0.6) is 0 Å². The number of likely N-dealkylation sites (tertiary alicyclic amines) is 1. The van der Waals surface area contributed by atoms with E-state index in [9.17, 15) is 14.0 Å². The lowest BCUT2D eigenvalue weighted by Gasteiger charge is -2.21. The van der Waals surface area contributed by atoms with E-state index in [-0.39, 0.29) is 17.2 Å². The van der Waals surface area contributed by atoms with E-state index in [4.69, 9.17) is 0 Å². The van der Waals surface area contributed by atoms with E-state index in [1.807, 2.05) is 4.90 Å². The molecule has 4 rings (SSSR count). The van der Waals surface area contributed by atoms with Crippen LogP contribution >= 0.6 is 11.8 Å². The summed E-state index contributed by atoms with van der Waals surface area (Å²) in [6.45, 7) is 3.32. The molecule has 0 radical (unpaired) electrons. The topological polar surface area (TPSA) is 55.2 Å². The Kier molecular flexibility index (Phi) is 5.17. The van der Waals surface area contributed by atoms with E-state index < -0.39 is 11.1 Å². The fraction of sp³-hybridized carbons (Fsp3) is 0.286. The molecule has 3 aromatic rings. The van der Waals surface area contributed by atoms with Crippen molar-refractivity contribution in [2.45, 2.75) is 30.2 Å². The first kappa shape index (κ1) is 18.7. The molecule has 28 heavy (non-hydrogen) atoms. The predicted octanol–water partition coefficient (Wildman–Crippen LogP) is 3.63. The minimum Gasteiger partial charge on any atom is -0.342 e. The zero-order valence-electron chi connectivity index (χ0n) is 15.5. The van der Waals surface area contributed by atoms with Crippen LogP contribution in [-0.2, 0) is 4.79 Å². The first-order chi connectivity index (χ1) is 13.6. The van der Waals surface area contributed by atoms with E-state index in [0.717, 1.165) is 25.9 Å². The third kappa shape index (κ3) is 3.42. The van der Waals surface area contributed by atoms with Crippen molar-refractivity contribution in [3.8, 4) is 5.69 Å². The number of carbonyl (C=O) groups excluding carboxylic acids is 1. The maximum atomic E-state index is 14.5. The number of halogens is 1. The Morgan fingerprint density at radius 3 is 2.54 bits per heavy atom. The Morgan fingerprint density at radius 1 is 1.11 bits per heavy atom. The van der Waals surface area contributed by atoms with E-state index in [2.05, 4.69) is 4.98 Å². The molecule has 0 aliphatic carbocycles. The molecule has 7 heteroatoms. The summed E-state index contributed by atoms with van der Waals surface area (Å²) in [7, 11) is 0. The van der Waals surface area contributed by atoms with Crippen molar-refractivity contribution >= 4 is 28.6 Å². The number of benzene rings is 2. The van der Waals surface area contributed by atoms with Crippen LogP contribution in [0.4, 0.5) is 4.39 Å². The minimum absolute atomic E-state index is 0.0185. The number of carbonyl (C=O) groups is 1. The van der Waals surface area contributed by atoms with Gasteiger partial charge < -0.3 is 4.90 Å². The van der Waals surface area contributed by atoms with Gasteiger partial charge in [0.05, 0.1) is 21.8 Å². The fourth-order valence-corrected chi connectivity index (χ4v) is 4.44. The number of amides is 1. The smallest absolute Gasteiger partial charge is 0.266 e. The predicted molar refractivity (Wildman–Crippen MR) is 108 cm³/mol. The summed E-state index contributed by atoms with van der Waals surface area (Å²) in [5.74, 6) is -0.493. The SMILES string of the molecule is C[C@H](Sc1nc2ccccc2c(=O)n1-c1ccccc1F)C(=O)N1CCCC1. The van der Waals surface area contributed by atoms with Crippen LogP contribution in [0, 0.1) is 5.82 Å². The van der Waals surface area contributed by atoms with Crippen molar-refractivity contribution in [2.24, 2.45) is 0 Å². The molecule has 1 aliphatic rings. The first-order valence-electron chi connectivity index (χ1n) is 9.28. The van der Waals surface area contributed by atoms with Crippen LogP contribution < -0.4 is 5.56 Å². The van der Waals surface area contributed by atoms with Crippen molar-refractivity contribution < 1.29 is 9.18 Å². The molecule has 0 unspecified atom stereocenters. The summed E-state index contributed by atoms with van der Waals surface area (Å²) in [5, 5.41) is 0.298. The molecule has 1 aromatic heterocycles. The van der Waals surface area contributed by atoms with E-state index in [1.54, 1.807) is 49.4 Å². The van der Waals surface area contributed by atoms with Crippen molar-refractivity contribution in [3.63, 3.8) is 0 Å². The highest BCUT2D eigenvalue weighted by atomic mass is 32.2. The average Bonchev–Trinajstić information content (AvgIpc) is 3.23. The quantitative estimate of drug-likeness (QED) is 0.498. The Morgan fingerprint density at radius 2 is 1.79 bits per heavy atom. The van der Waals surface area contributed by atoms with Crippen LogP contribution in [0.15, 0.2) is 58.5 Å². The van der Waals surface area contributed by atoms with Crippen LogP contribution in [0.3, 0.4) is 0 Å². The molecule has 144 valence electrons. The molecule has 1 aliphatic heterocycles. The highest BCUT2D eigenvalue weighted by molar-refractivity contribution is 8.00. The van der Waals surface area contributed by atoms with Gasteiger partial charge in [-0.15, -0.1) is 0 Å². The molecule has 0 spiro atoms. The summed E-state index contributed by atoms with van der Waals surface area (Å²) in [4.78, 5) is 32.3. The number of aromatic nitrogens is 2. The molecule has 1 atom stereocenters. The van der Waals surface area contributed by atoms with Crippen molar-refractivity contribution in [1.82, 2.24) is 14.5 Å². The standard InChI is InChI=1S/C21H20FN3O2S/c1-14(19(26)24-12-6-7-13-24)28-21-23-17-10-4-2-8-15(17)20(27)25(21)18-11-5-3-9-16(18)22/h2-5,8-11,14H,6-7,12-13H2,1H3/t14-/m0/s1. The van der Waals surface area contributed by atoms with Gasteiger partial charge >= 0.3 is 0 Å². The van der Waals surface area contributed by atoms with Gasteiger partial charge in [0.25, 0.3) is 5.56 Å². The number of hydrogen-bond donors (Lipinski definition) is 0. The lowest BCUT2D eigenvalue weighted by molar-refractivity contribution is -0.129. The monoisotopic (exact) mass is 397 g/mol. The normalized spacial score (nSPS) is 15.1. The molecule has 0 saturated carbocycles. The maximum Gasteiger partial charge on any atom is 0.266 e. The van der Waals surface area contributed by atoms with Gasteiger partial charge in [-0.3, -0.25) is 14.2 Å². The third-order valence-electron chi connectivity index (χ3n) is 4.89. The largest absolute Gasteiger partial charge is 0.342 e. The first-order valence-corrected chi connectivity index (χ1v) is 10.2. The second-order valence-corrected chi connectivity index (χ2v) is 8.10. The minimum atomic E-state index is -0.512. The summed E-state index contributed by atoms with van der Waals surface area (Å²) in [6.07, 6.45) is 2.02. The Bertz CT molecular complexity index is 1090. The lowest BCUT2D eigenvalue weighted by atomic mass is 10.2. The van der Waals surface area contributed by atoms with E-state index in [1.165, 1.54) is 22.4 Å². The number of para-hydroxylation sites is 2. The number of thioether (sulfide) groups is 1. The van der Waals surface area contributed by atoms with Gasteiger partial charge in [-0.05, 0) is 44.0 Å². The molecule has 1 saturated heterocycles.